The molecule has 0 aliphatic carbocycles. The number of hydrogen-bond donors (Lipinski definition) is 1. The Labute approximate surface area is 317 Å². The number of nitrogens with zero attached hydrogens (tertiary/aromatic N) is 6. The first-order valence-corrected chi connectivity index (χ1v) is 17.7. The van der Waals surface area contributed by atoms with Crippen LogP contribution in [0.3, 0.4) is 0 Å². The smallest absolute Gasteiger partial charge is 0.335 e. The van der Waals surface area contributed by atoms with E-state index in [2.05, 4.69) is 20.2 Å². The molecule has 2 aliphatic heterocycles. The first-order chi connectivity index (χ1) is 26.7. The average molecular weight is 784 g/mol. The molecule has 0 spiro atoms. The third-order valence-corrected chi connectivity index (χ3v) is 9.80. The SMILES string of the molecule is Cc1cc(N2CCOCC2)cc(F)c1C(=O)N[C@@H](Cc1ccc(-n2c(=O)c3ccncc3n(C)c2=O)c2ncccc12)C(=O)OCCN1CCOCC1.F.FF. The molecule has 5 aromatic rings. The number of nitrogens with one attached hydrogen (secondary N) is 1. The van der Waals surface area contributed by atoms with Gasteiger partial charge in [0.15, 0.2) is 0 Å². The van der Waals surface area contributed by atoms with Gasteiger partial charge in [-0.15, -0.1) is 0 Å². The number of aromatic nitrogens is 4. The summed E-state index contributed by atoms with van der Waals surface area (Å²) in [7, 11) is 1.56. The van der Waals surface area contributed by atoms with E-state index in [1.807, 2.05) is 4.90 Å². The van der Waals surface area contributed by atoms with Crippen molar-refractivity contribution >= 4 is 39.4 Å². The number of morpholine rings is 2. The second-order valence-corrected chi connectivity index (χ2v) is 13.1. The second-order valence-electron chi connectivity index (χ2n) is 13.1. The van der Waals surface area contributed by atoms with E-state index < -0.39 is 35.0 Å². The zero-order chi connectivity index (χ0) is 39.1. The van der Waals surface area contributed by atoms with E-state index in [-0.39, 0.29) is 29.0 Å². The quantitative estimate of drug-likeness (QED) is 0.165. The van der Waals surface area contributed by atoms with Crippen LogP contribution in [-0.4, -0.2) is 108 Å². The lowest BCUT2D eigenvalue weighted by atomic mass is 9.99. The maximum Gasteiger partial charge on any atom is 0.335 e. The highest BCUT2D eigenvalue weighted by Crippen LogP contribution is 2.26. The molecular weight excluding hydrogens is 742 g/mol. The largest absolute Gasteiger partial charge is 0.463 e. The Morgan fingerprint density at radius 2 is 1.68 bits per heavy atom. The molecule has 3 aromatic heterocycles. The van der Waals surface area contributed by atoms with Crippen LogP contribution in [0.25, 0.3) is 27.5 Å². The number of fused-ring (bicyclic) bond motifs is 2. The molecule has 14 nitrogen and oxygen atoms in total. The van der Waals surface area contributed by atoms with Gasteiger partial charge < -0.3 is 24.4 Å². The Hall–Kier alpha value is -5.72. The molecule has 0 saturated carbocycles. The molecule has 0 unspecified atom stereocenters. The zero-order valence-electron chi connectivity index (χ0n) is 30.7. The summed E-state index contributed by atoms with van der Waals surface area (Å²) in [5.74, 6) is -2.16. The predicted octanol–water partition coefficient (Wildman–Crippen LogP) is 3.13. The van der Waals surface area contributed by atoms with Gasteiger partial charge in [-0.1, -0.05) is 12.1 Å². The molecule has 2 aliphatic rings. The van der Waals surface area contributed by atoms with Gasteiger partial charge in [-0.05, 0) is 48.4 Å². The van der Waals surface area contributed by atoms with Crippen LogP contribution in [0.1, 0.15) is 21.5 Å². The summed E-state index contributed by atoms with van der Waals surface area (Å²) < 4.78 is 50.6. The molecule has 1 atom stereocenters. The monoisotopic (exact) mass is 783 g/mol. The summed E-state index contributed by atoms with van der Waals surface area (Å²) in [6, 6.07) is 10.2. The zero-order valence-corrected chi connectivity index (χ0v) is 30.7. The predicted molar refractivity (Wildman–Crippen MR) is 200 cm³/mol. The molecular formula is C38H41F4N7O7. The van der Waals surface area contributed by atoms with E-state index >= 15 is 4.39 Å². The number of ether oxygens (including phenoxy) is 3. The highest BCUT2D eigenvalue weighted by Gasteiger charge is 2.28. The Balaban J connectivity index is 0.00000197. The van der Waals surface area contributed by atoms with Gasteiger partial charge in [0, 0.05) is 78.8 Å². The lowest BCUT2D eigenvalue weighted by molar-refractivity contribution is -0.146. The highest BCUT2D eigenvalue weighted by molar-refractivity contribution is 5.99. The van der Waals surface area contributed by atoms with Crippen molar-refractivity contribution in [3.05, 3.63) is 104 Å². The first kappa shape index (κ1) is 41.4. The van der Waals surface area contributed by atoms with Gasteiger partial charge in [-0.25, -0.2) is 18.5 Å². The minimum atomic E-state index is -1.22. The Bertz CT molecular complexity index is 2290. The molecule has 2 fully saturated rings. The van der Waals surface area contributed by atoms with Crippen LogP contribution in [0.5, 0.6) is 0 Å². The maximum absolute atomic E-state index is 15.7. The van der Waals surface area contributed by atoms with Gasteiger partial charge >= 0.3 is 11.7 Å². The number of rotatable bonds is 10. The molecule has 7 rings (SSSR count). The fraction of sp³-hybridized carbons (Fsp3) is 0.368. The van der Waals surface area contributed by atoms with Crippen LogP contribution in [0.4, 0.5) is 23.9 Å². The van der Waals surface area contributed by atoms with Crippen molar-refractivity contribution in [2.75, 3.05) is 70.7 Å². The van der Waals surface area contributed by atoms with Crippen molar-refractivity contribution in [2.45, 2.75) is 19.4 Å². The molecule has 2 saturated heterocycles. The number of hydrogen-bond acceptors (Lipinski definition) is 11. The standard InChI is InChI=1S/C38H40FN7O7.F2.FH/c1-24-20-26(45-13-17-52-18-14-45)22-29(39)33(24)35(47)42-30(37(49)53-19-12-44-10-15-51-16-11-44)21-25-5-6-31(34-27(25)4-3-8-41-34)46-36(48)28-7-9-40-23-32(28)43(2)38(46)50;1-2;/h3-9,20,22-23,30H,10-19,21H2,1-2H3,(H,42,47);;1H/t30-;;/m0../s1. The topological polar surface area (TPSA) is 150 Å². The molecule has 56 heavy (non-hydrogen) atoms. The molecule has 2 aromatic carbocycles. The van der Waals surface area contributed by atoms with Crippen molar-refractivity contribution in [3.63, 3.8) is 0 Å². The lowest BCUT2D eigenvalue weighted by Crippen LogP contribution is -2.45. The number of carbonyl (C=O) groups is 2. The Morgan fingerprint density at radius 3 is 2.39 bits per heavy atom. The fourth-order valence-corrected chi connectivity index (χ4v) is 6.94. The van der Waals surface area contributed by atoms with Crippen LogP contribution in [-0.2, 0) is 32.5 Å². The minimum absolute atomic E-state index is 0. The van der Waals surface area contributed by atoms with Crippen LogP contribution in [0, 0.1) is 12.7 Å². The fourth-order valence-electron chi connectivity index (χ4n) is 6.94. The van der Waals surface area contributed by atoms with Crippen LogP contribution in [0.15, 0.2) is 70.6 Å². The number of aryl methyl sites for hydroxylation is 2. The molecule has 0 radical (unpaired) electrons. The van der Waals surface area contributed by atoms with Crippen molar-refractivity contribution in [1.29, 1.82) is 0 Å². The van der Waals surface area contributed by atoms with Gasteiger partial charge in [0.2, 0.25) is 0 Å². The van der Waals surface area contributed by atoms with E-state index in [1.54, 1.807) is 56.6 Å². The molecule has 1 amide bonds. The van der Waals surface area contributed by atoms with Gasteiger partial charge in [0.1, 0.15) is 18.5 Å². The van der Waals surface area contributed by atoms with Crippen molar-refractivity contribution in [2.24, 2.45) is 7.05 Å². The minimum Gasteiger partial charge on any atom is -0.463 e. The van der Waals surface area contributed by atoms with Gasteiger partial charge in [0.05, 0.1) is 60.3 Å². The van der Waals surface area contributed by atoms with Crippen LogP contribution < -0.4 is 21.5 Å². The van der Waals surface area contributed by atoms with E-state index in [1.165, 1.54) is 23.0 Å². The number of amides is 1. The summed E-state index contributed by atoms with van der Waals surface area (Å²) >= 11 is 0. The highest BCUT2D eigenvalue weighted by atomic mass is 20.0. The van der Waals surface area contributed by atoms with Gasteiger partial charge in [-0.2, -0.15) is 0 Å². The third kappa shape index (κ3) is 8.72. The number of esters is 1. The first-order valence-electron chi connectivity index (χ1n) is 17.7. The van der Waals surface area contributed by atoms with Crippen molar-refractivity contribution < 1.29 is 42.0 Å². The summed E-state index contributed by atoms with van der Waals surface area (Å²) in [6.45, 7) is 7.08. The van der Waals surface area contributed by atoms with E-state index in [0.717, 1.165) is 4.57 Å². The summed E-state index contributed by atoms with van der Waals surface area (Å²) in [5.41, 5.74) is 1.34. The maximum atomic E-state index is 15.7. The summed E-state index contributed by atoms with van der Waals surface area (Å²) in [5, 5.41) is 3.60. The summed E-state index contributed by atoms with van der Waals surface area (Å²) in [6.07, 6.45) is 4.44. The van der Waals surface area contributed by atoms with Gasteiger partial charge in [0.25, 0.3) is 11.5 Å². The third-order valence-electron chi connectivity index (χ3n) is 9.80. The number of benzene rings is 2. The Morgan fingerprint density at radius 1 is 0.964 bits per heavy atom. The van der Waals surface area contributed by atoms with Crippen LogP contribution in [0.2, 0.25) is 0 Å². The second kappa shape index (κ2) is 18.7. The number of anilines is 1. The van der Waals surface area contributed by atoms with E-state index in [0.29, 0.717) is 97.8 Å². The number of halogens is 4. The normalized spacial score (nSPS) is 15.1. The molecule has 5 heterocycles. The lowest BCUT2D eigenvalue weighted by Gasteiger charge is -2.29. The van der Waals surface area contributed by atoms with E-state index in [9.17, 15) is 19.2 Å². The molecule has 18 heteroatoms. The average Bonchev–Trinajstić information content (AvgIpc) is 3.21. The van der Waals surface area contributed by atoms with Crippen molar-refractivity contribution in [1.82, 2.24) is 29.3 Å². The molecule has 298 valence electrons. The number of carbonyl (C=O) groups excluding carboxylic acids is 2. The summed E-state index contributed by atoms with van der Waals surface area (Å²) in [4.78, 5) is 67.5. The van der Waals surface area contributed by atoms with E-state index in [4.69, 9.17) is 23.4 Å². The van der Waals surface area contributed by atoms with Gasteiger partial charge in [-0.3, -0.25) is 33.7 Å². The molecule has 1 N–H and O–H groups in total. The Kier molecular flexibility index (Phi) is 13.9. The van der Waals surface area contributed by atoms with Crippen LogP contribution >= 0.6 is 0 Å². The van der Waals surface area contributed by atoms with Crippen molar-refractivity contribution in [3.8, 4) is 5.69 Å². The number of pyridine rings is 2. The molecule has 0 bridgehead atoms.